The van der Waals surface area contributed by atoms with Gasteiger partial charge in [0.2, 0.25) is 5.91 Å². The van der Waals surface area contributed by atoms with Gasteiger partial charge in [0.1, 0.15) is 5.82 Å². The van der Waals surface area contributed by atoms with Crippen molar-refractivity contribution in [3.8, 4) is 0 Å². The minimum absolute atomic E-state index is 0.0305. The van der Waals surface area contributed by atoms with Crippen molar-refractivity contribution in [1.29, 1.82) is 0 Å². The molecule has 8 heteroatoms. The number of hydrogen-bond acceptors (Lipinski definition) is 5. The smallest absolute Gasteiger partial charge is 0.263 e. The average molecular weight is 473 g/mol. The number of hydrogen-bond donors (Lipinski definition) is 2. The van der Waals surface area contributed by atoms with E-state index in [9.17, 15) is 13.2 Å². The highest BCUT2D eigenvalue weighted by molar-refractivity contribution is 7.92. The summed E-state index contributed by atoms with van der Waals surface area (Å²) in [6, 6.07) is 17.5. The lowest BCUT2D eigenvalue weighted by molar-refractivity contribution is -0.117. The third kappa shape index (κ3) is 4.24. The standard InChI is InChI=1S/C26H24N4O3S/c1-16-14-27-15-19-6-9-20(13-22(16)19)29-26(31)25-17(2)24(25)18-7-10-21(11-8-18)34(32,33)30-23-5-3-4-12-28-23/h3-15,17,24-25H,1-2H3,(H,28,30)(H,29,31)/t17-,24?,25-/m1/s1. The van der Waals surface area contributed by atoms with Crippen LogP contribution in [-0.2, 0) is 14.8 Å². The summed E-state index contributed by atoms with van der Waals surface area (Å²) in [6.07, 6.45) is 5.14. The van der Waals surface area contributed by atoms with Crippen molar-refractivity contribution in [2.75, 3.05) is 10.0 Å². The molecule has 2 heterocycles. The summed E-state index contributed by atoms with van der Waals surface area (Å²) in [5.74, 6) is 0.284. The van der Waals surface area contributed by atoms with Crippen molar-refractivity contribution in [3.05, 3.63) is 90.4 Å². The highest BCUT2D eigenvalue weighted by Crippen LogP contribution is 2.54. The summed E-state index contributed by atoms with van der Waals surface area (Å²) < 4.78 is 27.7. The van der Waals surface area contributed by atoms with Crippen LogP contribution in [-0.4, -0.2) is 24.3 Å². The van der Waals surface area contributed by atoms with Gasteiger partial charge in [0, 0.05) is 35.6 Å². The Bertz CT molecular complexity index is 1470. The number of nitrogens with one attached hydrogen (secondary N) is 2. The fourth-order valence-corrected chi connectivity index (χ4v) is 5.49. The molecule has 4 aromatic rings. The monoisotopic (exact) mass is 472 g/mol. The highest BCUT2D eigenvalue weighted by atomic mass is 32.2. The minimum atomic E-state index is -3.74. The predicted octanol–water partition coefficient (Wildman–Crippen LogP) is 4.73. The Morgan fingerprint density at radius 3 is 2.53 bits per heavy atom. The van der Waals surface area contributed by atoms with E-state index in [1.54, 1.807) is 42.5 Å². The third-order valence-corrected chi connectivity index (χ3v) is 7.76. The summed E-state index contributed by atoms with van der Waals surface area (Å²) in [6.45, 7) is 4.04. The first kappa shape index (κ1) is 22.0. The number of benzene rings is 2. The molecule has 0 aliphatic heterocycles. The lowest BCUT2D eigenvalue weighted by atomic mass is 10.1. The molecule has 2 aromatic heterocycles. The Balaban J connectivity index is 1.28. The summed E-state index contributed by atoms with van der Waals surface area (Å²) in [4.78, 5) is 21.3. The van der Waals surface area contributed by atoms with E-state index >= 15 is 0 Å². The largest absolute Gasteiger partial charge is 0.326 e. The predicted molar refractivity (Wildman–Crippen MR) is 132 cm³/mol. The Morgan fingerprint density at radius 2 is 1.79 bits per heavy atom. The van der Waals surface area contributed by atoms with Gasteiger partial charge in [-0.1, -0.05) is 31.2 Å². The summed E-state index contributed by atoms with van der Waals surface area (Å²) in [5.41, 5.74) is 2.76. The molecular formula is C26H24N4O3S. The van der Waals surface area contributed by atoms with Crippen LogP contribution >= 0.6 is 0 Å². The maximum Gasteiger partial charge on any atom is 0.263 e. The number of carbonyl (C=O) groups excluding carboxylic acids is 1. The molecule has 0 radical (unpaired) electrons. The van der Waals surface area contributed by atoms with Crippen LogP contribution < -0.4 is 10.0 Å². The number of anilines is 2. The van der Waals surface area contributed by atoms with E-state index in [0.29, 0.717) is 0 Å². The first-order valence-corrected chi connectivity index (χ1v) is 12.5. The molecule has 5 rings (SSSR count). The van der Waals surface area contributed by atoms with Crippen LogP contribution in [0.4, 0.5) is 11.5 Å². The highest BCUT2D eigenvalue weighted by Gasteiger charge is 2.52. The van der Waals surface area contributed by atoms with Crippen LogP contribution in [0.3, 0.4) is 0 Å². The summed E-state index contributed by atoms with van der Waals surface area (Å²) in [5, 5.41) is 5.13. The molecule has 2 aromatic carbocycles. The van der Waals surface area contributed by atoms with Gasteiger partial charge in [-0.15, -0.1) is 0 Å². The minimum Gasteiger partial charge on any atom is -0.326 e. The Labute approximate surface area is 198 Å². The van der Waals surface area contributed by atoms with Crippen LogP contribution in [0, 0.1) is 18.8 Å². The van der Waals surface area contributed by atoms with Gasteiger partial charge >= 0.3 is 0 Å². The zero-order valence-electron chi connectivity index (χ0n) is 18.8. The van der Waals surface area contributed by atoms with Gasteiger partial charge in [-0.25, -0.2) is 13.4 Å². The number of aromatic nitrogens is 2. The first-order valence-electron chi connectivity index (χ1n) is 11.0. The molecular weight excluding hydrogens is 448 g/mol. The van der Waals surface area contributed by atoms with Gasteiger partial charge in [-0.05, 0) is 71.7 Å². The zero-order chi connectivity index (χ0) is 23.9. The van der Waals surface area contributed by atoms with Crippen molar-refractivity contribution in [3.63, 3.8) is 0 Å². The lowest BCUT2D eigenvalue weighted by Gasteiger charge is -2.09. The third-order valence-electron chi connectivity index (χ3n) is 6.39. The van der Waals surface area contributed by atoms with E-state index in [1.165, 1.54) is 6.20 Å². The van der Waals surface area contributed by atoms with Crippen LogP contribution in [0.5, 0.6) is 0 Å². The molecule has 2 N–H and O–H groups in total. The van der Waals surface area contributed by atoms with Crippen LogP contribution in [0.15, 0.2) is 84.1 Å². The Kier molecular flexibility index (Phi) is 5.53. The summed E-state index contributed by atoms with van der Waals surface area (Å²) >= 11 is 0. The number of sulfonamides is 1. The van der Waals surface area contributed by atoms with E-state index in [1.807, 2.05) is 44.4 Å². The second-order valence-corrected chi connectivity index (χ2v) is 10.4. The molecule has 1 aliphatic rings. The molecule has 34 heavy (non-hydrogen) atoms. The van der Waals surface area contributed by atoms with Gasteiger partial charge in [-0.2, -0.15) is 0 Å². The van der Waals surface area contributed by atoms with E-state index in [0.717, 1.165) is 27.6 Å². The molecule has 172 valence electrons. The molecule has 1 aliphatic carbocycles. The molecule has 0 bridgehead atoms. The molecule has 3 atom stereocenters. The maximum atomic E-state index is 13.0. The van der Waals surface area contributed by atoms with Gasteiger partial charge in [0.05, 0.1) is 4.90 Å². The van der Waals surface area contributed by atoms with E-state index in [-0.39, 0.29) is 34.4 Å². The van der Waals surface area contributed by atoms with Gasteiger partial charge < -0.3 is 5.32 Å². The number of pyridine rings is 2. The van der Waals surface area contributed by atoms with Gasteiger partial charge in [0.15, 0.2) is 0 Å². The number of carbonyl (C=O) groups is 1. The molecule has 0 spiro atoms. The van der Waals surface area contributed by atoms with E-state index in [4.69, 9.17) is 0 Å². The van der Waals surface area contributed by atoms with Gasteiger partial charge in [-0.3, -0.25) is 14.5 Å². The van der Waals surface area contributed by atoms with Crippen molar-refractivity contribution in [2.45, 2.75) is 24.7 Å². The number of fused-ring (bicyclic) bond motifs is 1. The maximum absolute atomic E-state index is 13.0. The second-order valence-electron chi connectivity index (χ2n) is 8.68. The number of rotatable bonds is 6. The average Bonchev–Trinajstić information content (AvgIpc) is 3.51. The fourth-order valence-electron chi connectivity index (χ4n) is 4.48. The molecule has 0 saturated heterocycles. The first-order chi connectivity index (χ1) is 16.3. The molecule has 7 nitrogen and oxygen atoms in total. The van der Waals surface area contributed by atoms with Gasteiger partial charge in [0.25, 0.3) is 10.0 Å². The molecule has 1 fully saturated rings. The van der Waals surface area contributed by atoms with Crippen LogP contribution in [0.2, 0.25) is 0 Å². The van der Waals surface area contributed by atoms with Crippen LogP contribution in [0.25, 0.3) is 10.8 Å². The fraction of sp³-hybridized carbons (Fsp3) is 0.192. The quantitative estimate of drug-likeness (QED) is 0.423. The van der Waals surface area contributed by atoms with Crippen LogP contribution in [0.1, 0.15) is 24.0 Å². The zero-order valence-corrected chi connectivity index (χ0v) is 19.6. The Morgan fingerprint density at radius 1 is 1.00 bits per heavy atom. The number of nitrogens with zero attached hydrogens (tertiary/aromatic N) is 2. The Hall–Kier alpha value is -3.78. The lowest BCUT2D eigenvalue weighted by Crippen LogP contribution is -2.15. The number of amides is 1. The van der Waals surface area contributed by atoms with Crippen molar-refractivity contribution in [1.82, 2.24) is 9.97 Å². The molecule has 1 saturated carbocycles. The SMILES string of the molecule is Cc1cncc2ccc(NC(=O)[C@H]3C(c4ccc(S(=O)(=O)Nc5ccccn5)cc4)[C@H]3C)cc12. The number of aryl methyl sites for hydroxylation is 1. The normalized spacial score (nSPS) is 19.5. The second kappa shape index (κ2) is 8.53. The van der Waals surface area contributed by atoms with E-state index < -0.39 is 10.0 Å². The summed E-state index contributed by atoms with van der Waals surface area (Å²) in [7, 11) is -3.74. The van der Waals surface area contributed by atoms with Crippen molar-refractivity contribution in [2.24, 2.45) is 11.8 Å². The van der Waals surface area contributed by atoms with E-state index in [2.05, 4.69) is 20.0 Å². The van der Waals surface area contributed by atoms with Crippen molar-refractivity contribution < 1.29 is 13.2 Å². The molecule has 1 unspecified atom stereocenters. The van der Waals surface area contributed by atoms with Crippen molar-refractivity contribution >= 4 is 38.2 Å². The molecule has 1 amide bonds. The topological polar surface area (TPSA) is 101 Å².